The lowest BCUT2D eigenvalue weighted by atomic mass is 9.91. The summed E-state index contributed by atoms with van der Waals surface area (Å²) in [4.78, 5) is 18.4. The molecule has 31 heavy (non-hydrogen) atoms. The first-order chi connectivity index (χ1) is 14.4. The van der Waals surface area contributed by atoms with E-state index in [4.69, 9.17) is 0 Å². The Bertz CT molecular complexity index is 976. The van der Waals surface area contributed by atoms with Crippen molar-refractivity contribution in [1.82, 2.24) is 14.5 Å². The van der Waals surface area contributed by atoms with E-state index in [1.807, 2.05) is 0 Å². The molecule has 1 aromatic carbocycles. The van der Waals surface area contributed by atoms with Crippen molar-refractivity contribution in [3.63, 3.8) is 0 Å². The number of halogens is 3. The molecule has 2 heterocycles. The Hall–Kier alpha value is -2.39. The second-order valence-corrected chi connectivity index (χ2v) is 8.86. The minimum atomic E-state index is -4.87. The Kier molecular flexibility index (Phi) is 5.17. The second kappa shape index (κ2) is 7.34. The Morgan fingerprint density at radius 1 is 1.19 bits per heavy atom. The number of aliphatic hydroxyl groups is 2. The fourth-order valence-corrected chi connectivity index (χ4v) is 4.66. The number of aromatic nitrogens is 2. The molecule has 9 heteroatoms. The molecule has 1 aliphatic carbocycles. The van der Waals surface area contributed by atoms with Crippen LogP contribution in [0.25, 0.3) is 0 Å². The predicted octanol–water partition coefficient (Wildman–Crippen LogP) is 3.63. The predicted molar refractivity (Wildman–Crippen MR) is 106 cm³/mol. The van der Waals surface area contributed by atoms with Crippen LogP contribution in [0.15, 0.2) is 30.5 Å². The van der Waals surface area contributed by atoms with Gasteiger partial charge in [-0.05, 0) is 44.4 Å². The van der Waals surface area contributed by atoms with E-state index in [2.05, 4.69) is 4.98 Å². The molecule has 1 amide bonds. The SMILES string of the molecule is C[C@H]1CN(C(=O)c2ccc(C3(O)CCCC3)cc2)Cc2cnc(C(C)(O)C(F)(F)F)n21. The van der Waals surface area contributed by atoms with Crippen molar-refractivity contribution >= 4 is 5.91 Å². The molecule has 0 bridgehead atoms. The van der Waals surface area contributed by atoms with Crippen LogP contribution in [0.3, 0.4) is 0 Å². The molecular formula is C22H26F3N3O3. The van der Waals surface area contributed by atoms with Crippen LogP contribution in [-0.2, 0) is 17.7 Å². The largest absolute Gasteiger partial charge is 0.424 e. The van der Waals surface area contributed by atoms with Gasteiger partial charge in [-0.2, -0.15) is 13.2 Å². The van der Waals surface area contributed by atoms with Gasteiger partial charge < -0.3 is 19.7 Å². The van der Waals surface area contributed by atoms with Gasteiger partial charge in [-0.1, -0.05) is 25.0 Å². The summed E-state index contributed by atoms with van der Waals surface area (Å²) >= 11 is 0. The van der Waals surface area contributed by atoms with Gasteiger partial charge >= 0.3 is 6.18 Å². The summed E-state index contributed by atoms with van der Waals surface area (Å²) in [6.07, 6.45) is -0.230. The first-order valence-corrected chi connectivity index (χ1v) is 10.4. The number of amides is 1. The molecule has 2 aromatic rings. The van der Waals surface area contributed by atoms with E-state index in [0.717, 1.165) is 18.4 Å². The minimum absolute atomic E-state index is 0.0931. The average molecular weight is 437 g/mol. The van der Waals surface area contributed by atoms with Crippen LogP contribution in [0.4, 0.5) is 13.2 Å². The zero-order valence-corrected chi connectivity index (χ0v) is 17.5. The quantitative estimate of drug-likeness (QED) is 0.769. The van der Waals surface area contributed by atoms with Crippen molar-refractivity contribution < 1.29 is 28.2 Å². The van der Waals surface area contributed by atoms with Crippen LogP contribution < -0.4 is 0 Å². The second-order valence-electron chi connectivity index (χ2n) is 8.86. The molecule has 1 fully saturated rings. The zero-order chi connectivity index (χ0) is 22.6. The highest BCUT2D eigenvalue weighted by atomic mass is 19.4. The number of benzene rings is 1. The molecular weight excluding hydrogens is 411 g/mol. The molecule has 168 valence electrons. The number of carbonyl (C=O) groups is 1. The number of carbonyl (C=O) groups excluding carboxylic acids is 1. The van der Waals surface area contributed by atoms with Crippen molar-refractivity contribution in [1.29, 1.82) is 0 Å². The van der Waals surface area contributed by atoms with Crippen LogP contribution >= 0.6 is 0 Å². The van der Waals surface area contributed by atoms with E-state index < -0.39 is 29.2 Å². The third-order valence-electron chi connectivity index (χ3n) is 6.53. The van der Waals surface area contributed by atoms with Gasteiger partial charge in [0.25, 0.3) is 5.91 Å². The summed E-state index contributed by atoms with van der Waals surface area (Å²) in [5.74, 6) is -0.711. The van der Waals surface area contributed by atoms with Gasteiger partial charge in [0.2, 0.25) is 5.60 Å². The first kappa shape index (κ1) is 21.8. The lowest BCUT2D eigenvalue weighted by Gasteiger charge is -2.36. The van der Waals surface area contributed by atoms with Gasteiger partial charge in [-0.3, -0.25) is 4.79 Å². The lowest BCUT2D eigenvalue weighted by molar-refractivity contribution is -0.263. The Morgan fingerprint density at radius 2 is 1.81 bits per heavy atom. The third-order valence-corrected chi connectivity index (χ3v) is 6.53. The highest BCUT2D eigenvalue weighted by molar-refractivity contribution is 5.94. The number of hydrogen-bond donors (Lipinski definition) is 2. The molecule has 6 nitrogen and oxygen atoms in total. The van der Waals surface area contributed by atoms with Gasteiger partial charge in [-0.25, -0.2) is 4.98 Å². The highest BCUT2D eigenvalue weighted by Gasteiger charge is 2.55. The number of fused-ring (bicyclic) bond motifs is 1. The fraction of sp³-hybridized carbons (Fsp3) is 0.545. The first-order valence-electron chi connectivity index (χ1n) is 10.4. The van der Waals surface area contributed by atoms with Gasteiger partial charge in [0, 0.05) is 12.1 Å². The van der Waals surface area contributed by atoms with Crippen LogP contribution in [-0.4, -0.2) is 43.3 Å². The molecule has 2 N–H and O–H groups in total. The molecule has 4 rings (SSSR count). The van der Waals surface area contributed by atoms with Crippen molar-refractivity contribution in [3.05, 3.63) is 53.1 Å². The van der Waals surface area contributed by atoms with Crippen LogP contribution in [0.2, 0.25) is 0 Å². The van der Waals surface area contributed by atoms with E-state index >= 15 is 0 Å². The maximum Gasteiger partial charge on any atom is 0.424 e. The van der Waals surface area contributed by atoms with E-state index in [1.54, 1.807) is 36.1 Å². The molecule has 0 radical (unpaired) electrons. The smallest absolute Gasteiger partial charge is 0.385 e. The average Bonchev–Trinajstić information content (AvgIpc) is 3.34. The van der Waals surface area contributed by atoms with Gasteiger partial charge in [0.05, 0.1) is 30.1 Å². The van der Waals surface area contributed by atoms with Gasteiger partial charge in [0.15, 0.2) is 5.82 Å². The van der Waals surface area contributed by atoms with Crippen molar-refractivity contribution in [3.8, 4) is 0 Å². The highest BCUT2D eigenvalue weighted by Crippen LogP contribution is 2.41. The summed E-state index contributed by atoms with van der Waals surface area (Å²) in [5, 5.41) is 20.8. The molecule has 2 aliphatic rings. The Morgan fingerprint density at radius 3 is 2.39 bits per heavy atom. The van der Waals surface area contributed by atoms with Crippen LogP contribution in [0.5, 0.6) is 0 Å². The number of hydrogen-bond acceptors (Lipinski definition) is 4. The van der Waals surface area contributed by atoms with Crippen molar-refractivity contribution in [2.45, 2.75) is 69.5 Å². The van der Waals surface area contributed by atoms with Crippen molar-refractivity contribution in [2.24, 2.45) is 0 Å². The van der Waals surface area contributed by atoms with E-state index in [1.165, 1.54) is 10.8 Å². The normalized spacial score (nSPS) is 22.8. The number of rotatable bonds is 3. The zero-order valence-electron chi connectivity index (χ0n) is 17.5. The standard InChI is InChI=1S/C22H26F3N3O3/c1-14-12-27(13-17-11-26-19(28(14)17)20(2,30)22(23,24)25)18(29)15-5-7-16(8-6-15)21(31)9-3-4-10-21/h5-8,11,14,30-31H,3-4,9-10,12-13H2,1-2H3/t14-,20?/m0/s1. The fourth-order valence-electron chi connectivity index (χ4n) is 4.66. The van der Waals surface area contributed by atoms with Crippen molar-refractivity contribution in [2.75, 3.05) is 6.54 Å². The maximum absolute atomic E-state index is 13.3. The summed E-state index contributed by atoms with van der Waals surface area (Å²) in [5.41, 5.74) is -2.23. The maximum atomic E-state index is 13.3. The number of nitrogens with zero attached hydrogens (tertiary/aromatic N) is 3. The third kappa shape index (κ3) is 3.63. The Labute approximate surface area is 178 Å². The van der Waals surface area contributed by atoms with Crippen LogP contribution in [0, 0.1) is 0 Å². The molecule has 2 atom stereocenters. The van der Waals surface area contributed by atoms with Crippen LogP contribution in [0.1, 0.15) is 73.0 Å². The minimum Gasteiger partial charge on any atom is -0.385 e. The lowest BCUT2D eigenvalue weighted by Crippen LogP contribution is -2.45. The molecule has 1 unspecified atom stereocenters. The summed E-state index contributed by atoms with van der Waals surface area (Å²) in [6.45, 7) is 2.66. The topological polar surface area (TPSA) is 78.6 Å². The van der Waals surface area contributed by atoms with E-state index in [-0.39, 0.29) is 19.0 Å². The molecule has 0 saturated heterocycles. The molecule has 0 spiro atoms. The van der Waals surface area contributed by atoms with E-state index in [0.29, 0.717) is 31.0 Å². The van der Waals surface area contributed by atoms with Gasteiger partial charge in [-0.15, -0.1) is 0 Å². The number of imidazole rings is 1. The van der Waals surface area contributed by atoms with E-state index in [9.17, 15) is 28.2 Å². The summed E-state index contributed by atoms with van der Waals surface area (Å²) in [6, 6.07) is 6.43. The molecule has 1 aliphatic heterocycles. The molecule has 1 saturated carbocycles. The summed E-state index contributed by atoms with van der Waals surface area (Å²) in [7, 11) is 0. The molecule has 1 aromatic heterocycles. The summed E-state index contributed by atoms with van der Waals surface area (Å²) < 4.78 is 41.3. The number of alkyl halides is 3. The monoisotopic (exact) mass is 437 g/mol. The van der Waals surface area contributed by atoms with Gasteiger partial charge in [0.1, 0.15) is 0 Å². The Balaban J connectivity index is 1.55.